The Kier molecular flexibility index (Phi) is 5.00. The van der Waals surface area contributed by atoms with Crippen LogP contribution in [0.1, 0.15) is 44.9 Å². The Morgan fingerprint density at radius 2 is 2.11 bits per heavy atom. The Morgan fingerprint density at radius 3 is 2.79 bits per heavy atom. The van der Waals surface area contributed by atoms with Crippen molar-refractivity contribution in [1.29, 1.82) is 0 Å². The van der Waals surface area contributed by atoms with E-state index >= 15 is 0 Å². The summed E-state index contributed by atoms with van der Waals surface area (Å²) in [6.07, 6.45) is 10.1. The molecule has 0 radical (unpaired) electrons. The van der Waals surface area contributed by atoms with Crippen molar-refractivity contribution in [1.82, 2.24) is 4.90 Å². The van der Waals surface area contributed by atoms with Crippen LogP contribution in [0.4, 0.5) is 0 Å². The van der Waals surface area contributed by atoms with Gasteiger partial charge < -0.3 is 10.0 Å². The Bertz CT molecular complexity index is 364. The first-order chi connectivity index (χ1) is 9.16. The summed E-state index contributed by atoms with van der Waals surface area (Å²) in [6, 6.07) is 0. The number of likely N-dealkylation sites (tertiary alicyclic amines) is 1. The van der Waals surface area contributed by atoms with E-state index in [1.807, 2.05) is 4.90 Å². The van der Waals surface area contributed by atoms with Crippen LogP contribution >= 0.6 is 0 Å². The smallest absolute Gasteiger partial charge is 0.303 e. The number of carboxylic acids is 1. The highest BCUT2D eigenvalue weighted by molar-refractivity contribution is 5.79. The maximum Gasteiger partial charge on any atom is 0.303 e. The lowest BCUT2D eigenvalue weighted by Gasteiger charge is -2.35. The van der Waals surface area contributed by atoms with Crippen LogP contribution in [-0.4, -0.2) is 35.0 Å². The summed E-state index contributed by atoms with van der Waals surface area (Å²) in [5.74, 6) is 0.0707. The highest BCUT2D eigenvalue weighted by atomic mass is 16.4. The first-order valence-electron chi connectivity index (χ1n) is 7.32. The lowest BCUT2D eigenvalue weighted by atomic mass is 9.89. The molecule has 1 N–H and O–H groups in total. The van der Waals surface area contributed by atoms with Crippen molar-refractivity contribution in [3.05, 3.63) is 12.2 Å². The van der Waals surface area contributed by atoms with Gasteiger partial charge in [0, 0.05) is 25.4 Å². The topological polar surface area (TPSA) is 57.6 Å². The summed E-state index contributed by atoms with van der Waals surface area (Å²) in [7, 11) is 0. The number of rotatable bonds is 4. The zero-order valence-corrected chi connectivity index (χ0v) is 11.4. The monoisotopic (exact) mass is 265 g/mol. The van der Waals surface area contributed by atoms with Gasteiger partial charge in [-0.15, -0.1) is 0 Å². The molecule has 1 amide bonds. The van der Waals surface area contributed by atoms with Crippen LogP contribution < -0.4 is 0 Å². The van der Waals surface area contributed by atoms with Gasteiger partial charge in [0.1, 0.15) is 0 Å². The molecule has 19 heavy (non-hydrogen) atoms. The van der Waals surface area contributed by atoms with Crippen molar-refractivity contribution in [2.45, 2.75) is 44.9 Å². The van der Waals surface area contributed by atoms with Crippen LogP contribution in [-0.2, 0) is 9.59 Å². The van der Waals surface area contributed by atoms with E-state index in [-0.39, 0.29) is 18.2 Å². The molecule has 1 saturated heterocycles. The van der Waals surface area contributed by atoms with Crippen LogP contribution in [0.3, 0.4) is 0 Å². The molecular formula is C15H23NO3. The third-order valence-corrected chi connectivity index (χ3v) is 4.22. The third kappa shape index (κ3) is 4.08. The fourth-order valence-electron chi connectivity index (χ4n) is 3.10. The summed E-state index contributed by atoms with van der Waals surface area (Å²) in [5.41, 5.74) is 0. The van der Waals surface area contributed by atoms with Crippen molar-refractivity contribution in [3.8, 4) is 0 Å². The van der Waals surface area contributed by atoms with Crippen molar-refractivity contribution in [2.24, 2.45) is 11.8 Å². The normalized spacial score (nSPS) is 27.3. The Morgan fingerprint density at radius 1 is 1.26 bits per heavy atom. The summed E-state index contributed by atoms with van der Waals surface area (Å²) < 4.78 is 0. The lowest BCUT2D eigenvalue weighted by molar-refractivity contribution is -0.138. The molecule has 106 valence electrons. The predicted molar refractivity (Wildman–Crippen MR) is 72.7 cm³/mol. The highest BCUT2D eigenvalue weighted by Gasteiger charge is 2.28. The third-order valence-electron chi connectivity index (χ3n) is 4.22. The standard InChI is InChI=1S/C15H23NO3/c17-14(18)9-8-12-5-4-10-16(11-12)15(19)13-6-2-1-3-7-13/h1-2,12-13H,3-11H2,(H,17,18)/t12-,13+/m0/s1. The number of carboxylic acid groups (broad SMARTS) is 1. The minimum atomic E-state index is -0.735. The second-order valence-corrected chi connectivity index (χ2v) is 5.71. The van der Waals surface area contributed by atoms with Crippen molar-refractivity contribution < 1.29 is 14.7 Å². The lowest BCUT2D eigenvalue weighted by Crippen LogP contribution is -2.43. The Balaban J connectivity index is 1.84. The fraction of sp³-hybridized carbons (Fsp3) is 0.733. The number of hydrogen-bond acceptors (Lipinski definition) is 2. The van der Waals surface area contributed by atoms with Gasteiger partial charge in [0.15, 0.2) is 0 Å². The Labute approximate surface area is 114 Å². The van der Waals surface area contributed by atoms with Gasteiger partial charge in [-0.3, -0.25) is 9.59 Å². The number of amides is 1. The molecule has 0 saturated carbocycles. The molecule has 4 heteroatoms. The van der Waals surface area contributed by atoms with Crippen molar-refractivity contribution >= 4 is 11.9 Å². The minimum Gasteiger partial charge on any atom is -0.481 e. The molecule has 0 aromatic rings. The largest absolute Gasteiger partial charge is 0.481 e. The number of nitrogens with zero attached hydrogens (tertiary/aromatic N) is 1. The Hall–Kier alpha value is -1.32. The van der Waals surface area contributed by atoms with E-state index in [0.717, 1.165) is 45.2 Å². The second kappa shape index (κ2) is 6.73. The van der Waals surface area contributed by atoms with Gasteiger partial charge in [0.25, 0.3) is 0 Å². The maximum absolute atomic E-state index is 12.4. The van der Waals surface area contributed by atoms with Gasteiger partial charge >= 0.3 is 5.97 Å². The molecule has 0 aromatic heterocycles. The molecule has 1 aliphatic heterocycles. The molecule has 1 fully saturated rings. The molecule has 0 aromatic carbocycles. The van der Waals surface area contributed by atoms with E-state index in [1.165, 1.54) is 0 Å². The van der Waals surface area contributed by atoms with Gasteiger partial charge in [-0.25, -0.2) is 0 Å². The molecule has 2 aliphatic rings. The summed E-state index contributed by atoms with van der Waals surface area (Å²) in [6.45, 7) is 1.61. The van der Waals surface area contributed by atoms with E-state index in [2.05, 4.69) is 12.2 Å². The van der Waals surface area contributed by atoms with E-state index in [4.69, 9.17) is 5.11 Å². The van der Waals surface area contributed by atoms with Gasteiger partial charge in [-0.1, -0.05) is 12.2 Å². The van der Waals surface area contributed by atoms with Crippen molar-refractivity contribution in [2.75, 3.05) is 13.1 Å². The van der Waals surface area contributed by atoms with Crippen molar-refractivity contribution in [3.63, 3.8) is 0 Å². The zero-order chi connectivity index (χ0) is 13.7. The average Bonchev–Trinajstić information content (AvgIpc) is 2.45. The molecule has 0 bridgehead atoms. The quantitative estimate of drug-likeness (QED) is 0.794. The molecule has 1 aliphatic carbocycles. The number of hydrogen-bond donors (Lipinski definition) is 1. The molecule has 2 atom stereocenters. The first-order valence-corrected chi connectivity index (χ1v) is 7.32. The van der Waals surface area contributed by atoms with Gasteiger partial charge in [-0.05, 0) is 44.4 Å². The van der Waals surface area contributed by atoms with Crippen LogP contribution in [0.25, 0.3) is 0 Å². The maximum atomic E-state index is 12.4. The number of carbonyl (C=O) groups excluding carboxylic acids is 1. The minimum absolute atomic E-state index is 0.156. The molecule has 0 unspecified atom stereocenters. The van der Waals surface area contributed by atoms with E-state index in [0.29, 0.717) is 12.3 Å². The zero-order valence-electron chi connectivity index (χ0n) is 11.4. The van der Waals surface area contributed by atoms with Crippen LogP contribution in [0.5, 0.6) is 0 Å². The fourth-order valence-corrected chi connectivity index (χ4v) is 3.10. The summed E-state index contributed by atoms with van der Waals surface area (Å²) in [4.78, 5) is 25.0. The van der Waals surface area contributed by atoms with E-state index < -0.39 is 5.97 Å². The van der Waals surface area contributed by atoms with E-state index in [9.17, 15) is 9.59 Å². The summed E-state index contributed by atoms with van der Waals surface area (Å²) in [5, 5.41) is 8.73. The SMILES string of the molecule is O=C(O)CC[C@@H]1CCCN(C(=O)[C@@H]2CC=CCC2)C1. The predicted octanol–water partition coefficient (Wildman–Crippen LogP) is 2.45. The average molecular weight is 265 g/mol. The number of carbonyl (C=O) groups is 2. The second-order valence-electron chi connectivity index (χ2n) is 5.71. The van der Waals surface area contributed by atoms with Crippen LogP contribution in [0.15, 0.2) is 12.2 Å². The first kappa shape index (κ1) is 14.1. The number of aliphatic carboxylic acids is 1. The van der Waals surface area contributed by atoms with E-state index in [1.54, 1.807) is 0 Å². The molecule has 2 rings (SSSR count). The molecule has 4 nitrogen and oxygen atoms in total. The number of piperidine rings is 1. The van der Waals surface area contributed by atoms with Crippen LogP contribution in [0, 0.1) is 11.8 Å². The highest BCUT2D eigenvalue weighted by Crippen LogP contribution is 2.26. The molecule has 0 spiro atoms. The summed E-state index contributed by atoms with van der Waals surface area (Å²) >= 11 is 0. The van der Waals surface area contributed by atoms with Gasteiger partial charge in [0.05, 0.1) is 0 Å². The molecule has 1 heterocycles. The molecular weight excluding hydrogens is 242 g/mol. The van der Waals surface area contributed by atoms with Gasteiger partial charge in [0.2, 0.25) is 5.91 Å². The van der Waals surface area contributed by atoms with Crippen LogP contribution in [0.2, 0.25) is 0 Å². The number of allylic oxidation sites excluding steroid dienone is 2. The van der Waals surface area contributed by atoms with Gasteiger partial charge in [-0.2, -0.15) is 0 Å².